The summed E-state index contributed by atoms with van der Waals surface area (Å²) in [5.74, 6) is 0.238. The third-order valence-electron chi connectivity index (χ3n) is 7.10. The van der Waals surface area contributed by atoms with Crippen LogP contribution in [0.1, 0.15) is 46.6 Å². The van der Waals surface area contributed by atoms with Crippen molar-refractivity contribution in [2.75, 3.05) is 18.8 Å². The first-order valence-corrected chi connectivity index (χ1v) is 13.9. The first-order valence-electron chi connectivity index (χ1n) is 13.5. The third-order valence-corrected chi connectivity index (χ3v) is 7.34. The van der Waals surface area contributed by atoms with E-state index in [-0.39, 0.29) is 17.3 Å². The highest BCUT2D eigenvalue weighted by molar-refractivity contribution is 6.30. The molecule has 3 heterocycles. The molecule has 1 saturated heterocycles. The van der Waals surface area contributed by atoms with Gasteiger partial charge in [0.2, 0.25) is 11.6 Å². The number of likely N-dealkylation sites (tertiary alicyclic amines) is 1. The fourth-order valence-electron chi connectivity index (χ4n) is 5.00. The highest BCUT2D eigenvalue weighted by atomic mass is 35.5. The summed E-state index contributed by atoms with van der Waals surface area (Å²) in [5.41, 5.74) is 10.7. The second kappa shape index (κ2) is 12.4. The standard InChI is InChI=1S/C29H28ClN9O3/c30-22-11-12-25(41-18-20-9-6-8-19-7-2-3-10-23(19)20)21(15-22)16-32-34-29(40)26-24(17-38-13-4-1-5-14-38)39(37-33-26)28-27(31)35-42-36-28/h2-3,6-12,15-16H,1,4-5,13-14,17-18H2,(H2,31,35)(H,34,40). The molecule has 3 N–H and O–H groups in total. The number of nitrogen functional groups attached to an aromatic ring is 1. The average molecular weight is 586 g/mol. The number of nitrogens with one attached hydrogen (secondary N) is 1. The van der Waals surface area contributed by atoms with Gasteiger partial charge < -0.3 is 10.5 Å². The summed E-state index contributed by atoms with van der Waals surface area (Å²) in [6, 6.07) is 19.5. The van der Waals surface area contributed by atoms with Crippen LogP contribution >= 0.6 is 11.6 Å². The maximum atomic E-state index is 13.2. The van der Waals surface area contributed by atoms with Crippen LogP contribution in [-0.2, 0) is 13.2 Å². The summed E-state index contributed by atoms with van der Waals surface area (Å²) < 4.78 is 12.3. The summed E-state index contributed by atoms with van der Waals surface area (Å²) in [6.07, 6.45) is 4.81. The zero-order chi connectivity index (χ0) is 28.9. The van der Waals surface area contributed by atoms with Gasteiger partial charge in [-0.05, 0) is 70.8 Å². The van der Waals surface area contributed by atoms with Crippen LogP contribution in [0.15, 0.2) is 70.4 Å². The molecule has 0 bridgehead atoms. The highest BCUT2D eigenvalue weighted by Crippen LogP contribution is 2.25. The number of hydrogen-bond donors (Lipinski definition) is 2. The number of halogens is 1. The fraction of sp³-hybridized carbons (Fsp3) is 0.241. The third kappa shape index (κ3) is 5.94. The predicted molar refractivity (Wildman–Crippen MR) is 158 cm³/mol. The Labute approximate surface area is 246 Å². The molecular weight excluding hydrogens is 558 g/mol. The minimum absolute atomic E-state index is 0.0433. The van der Waals surface area contributed by atoms with Gasteiger partial charge in [-0.1, -0.05) is 65.7 Å². The van der Waals surface area contributed by atoms with Crippen molar-refractivity contribution in [2.45, 2.75) is 32.4 Å². The van der Waals surface area contributed by atoms with E-state index in [1.54, 1.807) is 18.2 Å². The number of hydrogen-bond acceptors (Lipinski definition) is 10. The minimum atomic E-state index is -0.542. The lowest BCUT2D eigenvalue weighted by Crippen LogP contribution is -2.31. The van der Waals surface area contributed by atoms with Crippen LogP contribution in [0.4, 0.5) is 5.82 Å². The molecular formula is C29H28ClN9O3. The molecule has 3 aromatic carbocycles. The van der Waals surface area contributed by atoms with Gasteiger partial charge in [0, 0.05) is 17.1 Å². The molecule has 42 heavy (non-hydrogen) atoms. The molecule has 13 heteroatoms. The number of anilines is 1. The molecule has 6 rings (SSSR count). The smallest absolute Gasteiger partial charge is 0.293 e. The van der Waals surface area contributed by atoms with Crippen molar-refractivity contribution >= 4 is 40.3 Å². The van der Waals surface area contributed by atoms with E-state index in [1.165, 1.54) is 17.3 Å². The molecule has 1 aliphatic heterocycles. The minimum Gasteiger partial charge on any atom is -0.488 e. The van der Waals surface area contributed by atoms with Gasteiger partial charge in [0.1, 0.15) is 12.4 Å². The molecule has 0 radical (unpaired) electrons. The van der Waals surface area contributed by atoms with Gasteiger partial charge in [-0.3, -0.25) is 9.69 Å². The van der Waals surface area contributed by atoms with Gasteiger partial charge in [-0.2, -0.15) is 9.78 Å². The highest BCUT2D eigenvalue weighted by Gasteiger charge is 2.26. The van der Waals surface area contributed by atoms with Gasteiger partial charge in [-0.25, -0.2) is 10.1 Å². The van der Waals surface area contributed by atoms with Crippen LogP contribution in [0, 0.1) is 0 Å². The Morgan fingerprint density at radius 2 is 1.93 bits per heavy atom. The molecule has 1 amide bonds. The van der Waals surface area contributed by atoms with E-state index >= 15 is 0 Å². The monoisotopic (exact) mass is 585 g/mol. The lowest BCUT2D eigenvalue weighted by molar-refractivity contribution is 0.0947. The van der Waals surface area contributed by atoms with Crippen molar-refractivity contribution < 1.29 is 14.2 Å². The maximum Gasteiger partial charge on any atom is 0.293 e. The fourth-order valence-corrected chi connectivity index (χ4v) is 5.18. The van der Waals surface area contributed by atoms with Crippen molar-refractivity contribution in [1.82, 2.24) is 35.6 Å². The lowest BCUT2D eigenvalue weighted by Gasteiger charge is -2.26. The molecule has 0 unspecified atom stereocenters. The lowest BCUT2D eigenvalue weighted by atomic mass is 10.1. The van der Waals surface area contributed by atoms with E-state index in [0.29, 0.717) is 35.2 Å². The second-order valence-electron chi connectivity index (χ2n) is 9.91. The summed E-state index contributed by atoms with van der Waals surface area (Å²) in [4.78, 5) is 15.5. The molecule has 2 aromatic heterocycles. The van der Waals surface area contributed by atoms with Crippen LogP contribution in [0.5, 0.6) is 5.75 Å². The van der Waals surface area contributed by atoms with E-state index in [0.717, 1.165) is 42.3 Å². The zero-order valence-corrected chi connectivity index (χ0v) is 23.4. The number of fused-ring (bicyclic) bond motifs is 1. The first-order chi connectivity index (χ1) is 20.6. The summed E-state index contributed by atoms with van der Waals surface area (Å²) in [7, 11) is 0. The van der Waals surface area contributed by atoms with Gasteiger partial charge >= 0.3 is 0 Å². The number of carbonyl (C=O) groups is 1. The number of benzene rings is 3. The topological polar surface area (TPSA) is 150 Å². The van der Waals surface area contributed by atoms with E-state index in [4.69, 9.17) is 26.7 Å². The van der Waals surface area contributed by atoms with Crippen LogP contribution in [-0.4, -0.2) is 55.4 Å². The number of ether oxygens (including phenoxy) is 1. The Balaban J connectivity index is 1.20. The van der Waals surface area contributed by atoms with Crippen molar-refractivity contribution in [3.8, 4) is 11.6 Å². The van der Waals surface area contributed by atoms with Crippen molar-refractivity contribution in [3.05, 3.63) is 88.2 Å². The van der Waals surface area contributed by atoms with E-state index in [1.807, 2.05) is 24.3 Å². The molecule has 1 fully saturated rings. The SMILES string of the molecule is Nc1nonc1-n1nnc(C(=O)NN=Cc2cc(Cl)ccc2OCc2cccc3ccccc23)c1CN1CCCCC1. The van der Waals surface area contributed by atoms with E-state index < -0.39 is 5.91 Å². The Morgan fingerprint density at radius 1 is 1.10 bits per heavy atom. The maximum absolute atomic E-state index is 13.2. The summed E-state index contributed by atoms with van der Waals surface area (Å²) in [5, 5.41) is 22.6. The van der Waals surface area contributed by atoms with Crippen LogP contribution in [0.25, 0.3) is 16.6 Å². The van der Waals surface area contributed by atoms with E-state index in [2.05, 4.69) is 54.3 Å². The van der Waals surface area contributed by atoms with Crippen LogP contribution < -0.4 is 15.9 Å². The van der Waals surface area contributed by atoms with Gasteiger partial charge in [0.15, 0.2) is 5.69 Å². The number of rotatable bonds is 9. The predicted octanol–water partition coefficient (Wildman–Crippen LogP) is 4.37. The molecule has 0 aliphatic carbocycles. The van der Waals surface area contributed by atoms with Crippen molar-refractivity contribution in [2.24, 2.45) is 5.10 Å². The molecule has 0 saturated carbocycles. The molecule has 0 spiro atoms. The van der Waals surface area contributed by atoms with Crippen LogP contribution in [0.3, 0.4) is 0 Å². The Kier molecular flexibility index (Phi) is 8.06. The number of nitrogens with zero attached hydrogens (tertiary/aromatic N) is 7. The van der Waals surface area contributed by atoms with Crippen LogP contribution in [0.2, 0.25) is 5.02 Å². The number of nitrogens with two attached hydrogens (primary N) is 1. The molecule has 214 valence electrons. The Bertz CT molecular complexity index is 1740. The van der Waals surface area contributed by atoms with Gasteiger partial charge in [-0.15, -0.1) is 5.10 Å². The quantitative estimate of drug-likeness (QED) is 0.190. The average Bonchev–Trinajstić information content (AvgIpc) is 3.62. The Morgan fingerprint density at radius 3 is 2.76 bits per heavy atom. The first kappa shape index (κ1) is 27.4. The van der Waals surface area contributed by atoms with Crippen molar-refractivity contribution in [3.63, 3.8) is 0 Å². The number of piperidine rings is 1. The van der Waals surface area contributed by atoms with Crippen molar-refractivity contribution in [1.29, 1.82) is 0 Å². The molecule has 12 nitrogen and oxygen atoms in total. The van der Waals surface area contributed by atoms with E-state index in [9.17, 15) is 4.79 Å². The molecule has 5 aromatic rings. The summed E-state index contributed by atoms with van der Waals surface area (Å²) in [6.45, 7) is 2.56. The molecule has 1 aliphatic rings. The number of amides is 1. The summed E-state index contributed by atoms with van der Waals surface area (Å²) >= 11 is 6.27. The second-order valence-corrected chi connectivity index (χ2v) is 10.4. The number of hydrazone groups is 1. The number of aromatic nitrogens is 5. The normalized spacial score (nSPS) is 14.0. The van der Waals surface area contributed by atoms with Gasteiger partial charge in [0.05, 0.1) is 11.9 Å². The zero-order valence-electron chi connectivity index (χ0n) is 22.6. The molecule has 0 atom stereocenters. The van der Waals surface area contributed by atoms with Gasteiger partial charge in [0.25, 0.3) is 5.91 Å². The number of carbonyl (C=O) groups excluding carboxylic acids is 1. The Hall–Kier alpha value is -4.81. The largest absolute Gasteiger partial charge is 0.488 e.